The smallest absolute Gasteiger partial charge is 0.194 e. The van der Waals surface area contributed by atoms with Crippen LogP contribution >= 0.6 is 0 Å². The molecule has 0 radical (unpaired) electrons. The number of aliphatic hydroxyl groups is 1. The van der Waals surface area contributed by atoms with Gasteiger partial charge in [0.2, 0.25) is 0 Å². The van der Waals surface area contributed by atoms with E-state index in [1.165, 1.54) is 0 Å². The molecule has 0 fully saturated rings. The Balaban J connectivity index is 2.38. The highest BCUT2D eigenvalue weighted by Crippen LogP contribution is 2.31. The quantitative estimate of drug-likeness (QED) is 0.846. The van der Waals surface area contributed by atoms with E-state index in [1.807, 2.05) is 6.92 Å². The first-order valence-corrected chi connectivity index (χ1v) is 6.58. The van der Waals surface area contributed by atoms with E-state index < -0.39 is 23.6 Å². The van der Waals surface area contributed by atoms with Crippen molar-refractivity contribution in [3.05, 3.63) is 65.0 Å². The number of ether oxygens (including phenoxy) is 1. The molecule has 1 N–H and O–H groups in total. The van der Waals surface area contributed by atoms with Crippen LogP contribution in [0.2, 0.25) is 0 Å². The molecule has 21 heavy (non-hydrogen) atoms. The van der Waals surface area contributed by atoms with Gasteiger partial charge in [-0.15, -0.1) is 0 Å². The summed E-state index contributed by atoms with van der Waals surface area (Å²) in [6.07, 6.45) is -0.521. The SMILES string of the molecule is CCCOc1ccccc1C(O)c1cc(F)c(F)c(F)c1. The zero-order valence-electron chi connectivity index (χ0n) is 11.4. The van der Waals surface area contributed by atoms with Gasteiger partial charge in [0, 0.05) is 5.56 Å². The molecule has 0 aliphatic rings. The molecular formula is C16H15F3O2. The topological polar surface area (TPSA) is 29.5 Å². The summed E-state index contributed by atoms with van der Waals surface area (Å²) in [5.41, 5.74) is 0.301. The molecular weight excluding hydrogens is 281 g/mol. The van der Waals surface area contributed by atoms with Crippen molar-refractivity contribution in [1.82, 2.24) is 0 Å². The number of rotatable bonds is 5. The van der Waals surface area contributed by atoms with E-state index >= 15 is 0 Å². The molecule has 0 heterocycles. The lowest BCUT2D eigenvalue weighted by molar-refractivity contribution is 0.209. The van der Waals surface area contributed by atoms with Crippen LogP contribution in [-0.2, 0) is 0 Å². The van der Waals surface area contributed by atoms with E-state index in [4.69, 9.17) is 4.74 Å². The second kappa shape index (κ2) is 6.63. The number of aliphatic hydroxyl groups excluding tert-OH is 1. The van der Waals surface area contributed by atoms with Crippen LogP contribution in [0.25, 0.3) is 0 Å². The minimum absolute atomic E-state index is 0.0704. The summed E-state index contributed by atoms with van der Waals surface area (Å²) < 4.78 is 45.0. The van der Waals surface area contributed by atoms with Gasteiger partial charge in [0.25, 0.3) is 0 Å². The molecule has 1 atom stereocenters. The van der Waals surface area contributed by atoms with Crippen molar-refractivity contribution in [1.29, 1.82) is 0 Å². The van der Waals surface area contributed by atoms with Crippen LogP contribution in [0.15, 0.2) is 36.4 Å². The molecule has 0 aromatic heterocycles. The molecule has 0 bridgehead atoms. The summed E-state index contributed by atoms with van der Waals surface area (Å²) in [5.74, 6) is -3.80. The van der Waals surface area contributed by atoms with E-state index in [0.717, 1.165) is 18.6 Å². The monoisotopic (exact) mass is 296 g/mol. The normalized spacial score (nSPS) is 12.2. The van der Waals surface area contributed by atoms with Gasteiger partial charge in [0.05, 0.1) is 6.61 Å². The summed E-state index contributed by atoms with van der Waals surface area (Å²) in [6.45, 7) is 2.39. The van der Waals surface area contributed by atoms with E-state index in [2.05, 4.69) is 0 Å². The Labute approximate surface area is 120 Å². The Hall–Kier alpha value is -2.01. The molecule has 112 valence electrons. The third kappa shape index (κ3) is 3.36. The third-order valence-corrected chi connectivity index (χ3v) is 3.00. The van der Waals surface area contributed by atoms with Gasteiger partial charge in [-0.1, -0.05) is 25.1 Å². The van der Waals surface area contributed by atoms with Crippen molar-refractivity contribution >= 4 is 0 Å². The summed E-state index contributed by atoms with van der Waals surface area (Å²) in [6, 6.07) is 8.21. The van der Waals surface area contributed by atoms with Gasteiger partial charge in [0.15, 0.2) is 17.5 Å². The lowest BCUT2D eigenvalue weighted by atomic mass is 10.0. The average Bonchev–Trinajstić information content (AvgIpc) is 2.49. The predicted molar refractivity (Wildman–Crippen MR) is 72.6 cm³/mol. The minimum Gasteiger partial charge on any atom is -0.493 e. The lowest BCUT2D eigenvalue weighted by Crippen LogP contribution is -2.06. The Bertz CT molecular complexity index is 606. The zero-order valence-corrected chi connectivity index (χ0v) is 11.4. The van der Waals surface area contributed by atoms with Gasteiger partial charge in [0.1, 0.15) is 11.9 Å². The maximum atomic E-state index is 13.3. The molecule has 0 saturated heterocycles. The van der Waals surface area contributed by atoms with Crippen molar-refractivity contribution in [2.45, 2.75) is 19.4 Å². The molecule has 0 aliphatic heterocycles. The molecule has 0 spiro atoms. The predicted octanol–water partition coefficient (Wildman–Crippen LogP) is 3.97. The van der Waals surface area contributed by atoms with Gasteiger partial charge >= 0.3 is 0 Å². The van der Waals surface area contributed by atoms with E-state index in [-0.39, 0.29) is 5.56 Å². The minimum atomic E-state index is -1.55. The number of para-hydroxylation sites is 1. The first kappa shape index (κ1) is 15.4. The fourth-order valence-electron chi connectivity index (χ4n) is 1.96. The second-order valence-corrected chi connectivity index (χ2v) is 4.59. The van der Waals surface area contributed by atoms with Crippen molar-refractivity contribution in [3.8, 4) is 5.75 Å². The van der Waals surface area contributed by atoms with Gasteiger partial charge in [-0.25, -0.2) is 13.2 Å². The summed E-state index contributed by atoms with van der Waals surface area (Å²) in [7, 11) is 0. The van der Waals surface area contributed by atoms with Crippen LogP contribution in [-0.4, -0.2) is 11.7 Å². The van der Waals surface area contributed by atoms with Crippen LogP contribution < -0.4 is 4.74 Å². The number of halogens is 3. The standard InChI is InChI=1S/C16H15F3O2/c1-2-7-21-14-6-4-3-5-11(14)16(20)10-8-12(17)15(19)13(18)9-10/h3-6,8-9,16,20H,2,7H2,1H3. The van der Waals surface area contributed by atoms with Gasteiger partial charge in [-0.3, -0.25) is 0 Å². The van der Waals surface area contributed by atoms with E-state index in [1.54, 1.807) is 24.3 Å². The van der Waals surface area contributed by atoms with Crippen LogP contribution in [0, 0.1) is 17.5 Å². The molecule has 0 aliphatic carbocycles. The number of hydrogen-bond acceptors (Lipinski definition) is 2. The molecule has 1 unspecified atom stereocenters. The molecule has 0 amide bonds. The van der Waals surface area contributed by atoms with Crippen LogP contribution in [0.5, 0.6) is 5.75 Å². The average molecular weight is 296 g/mol. The van der Waals surface area contributed by atoms with Gasteiger partial charge in [-0.05, 0) is 30.2 Å². The van der Waals surface area contributed by atoms with E-state index in [0.29, 0.717) is 17.9 Å². The Kier molecular flexibility index (Phi) is 4.85. The van der Waals surface area contributed by atoms with Crippen LogP contribution in [0.1, 0.15) is 30.6 Å². The Morgan fingerprint density at radius 1 is 1.10 bits per heavy atom. The molecule has 2 rings (SSSR count). The summed E-state index contributed by atoms with van der Waals surface area (Å²) in [4.78, 5) is 0. The lowest BCUT2D eigenvalue weighted by Gasteiger charge is -2.16. The summed E-state index contributed by atoms with van der Waals surface area (Å²) in [5, 5.41) is 10.3. The van der Waals surface area contributed by atoms with Crippen LogP contribution in [0.4, 0.5) is 13.2 Å². The Morgan fingerprint density at radius 3 is 2.33 bits per heavy atom. The summed E-state index contributed by atoms with van der Waals surface area (Å²) >= 11 is 0. The highest BCUT2D eigenvalue weighted by molar-refractivity contribution is 5.40. The zero-order chi connectivity index (χ0) is 15.4. The molecule has 0 saturated carbocycles. The fraction of sp³-hybridized carbons (Fsp3) is 0.250. The van der Waals surface area contributed by atoms with Crippen molar-refractivity contribution in [2.24, 2.45) is 0 Å². The van der Waals surface area contributed by atoms with E-state index in [9.17, 15) is 18.3 Å². The fourth-order valence-corrected chi connectivity index (χ4v) is 1.96. The van der Waals surface area contributed by atoms with Crippen molar-refractivity contribution in [3.63, 3.8) is 0 Å². The highest BCUT2D eigenvalue weighted by Gasteiger charge is 2.19. The molecule has 5 heteroatoms. The largest absolute Gasteiger partial charge is 0.493 e. The third-order valence-electron chi connectivity index (χ3n) is 3.00. The number of benzene rings is 2. The van der Waals surface area contributed by atoms with Crippen molar-refractivity contribution in [2.75, 3.05) is 6.61 Å². The molecule has 2 nitrogen and oxygen atoms in total. The molecule has 2 aromatic carbocycles. The van der Waals surface area contributed by atoms with Gasteiger partial charge < -0.3 is 9.84 Å². The maximum absolute atomic E-state index is 13.3. The maximum Gasteiger partial charge on any atom is 0.194 e. The number of hydrogen-bond donors (Lipinski definition) is 1. The molecule has 2 aromatic rings. The second-order valence-electron chi connectivity index (χ2n) is 4.59. The van der Waals surface area contributed by atoms with Crippen molar-refractivity contribution < 1.29 is 23.0 Å². The first-order chi connectivity index (χ1) is 10.0. The highest BCUT2D eigenvalue weighted by atomic mass is 19.2. The Morgan fingerprint density at radius 2 is 1.71 bits per heavy atom. The first-order valence-electron chi connectivity index (χ1n) is 6.58. The van der Waals surface area contributed by atoms with Crippen LogP contribution in [0.3, 0.4) is 0 Å². The van der Waals surface area contributed by atoms with Gasteiger partial charge in [-0.2, -0.15) is 0 Å².